The molecule has 0 aliphatic heterocycles. The van der Waals surface area contributed by atoms with Crippen molar-refractivity contribution in [2.24, 2.45) is 5.73 Å². The van der Waals surface area contributed by atoms with Gasteiger partial charge in [0.1, 0.15) is 5.75 Å². The first kappa shape index (κ1) is 13.5. The maximum absolute atomic E-state index is 11.7. The van der Waals surface area contributed by atoms with Crippen molar-refractivity contribution in [3.8, 4) is 0 Å². The molecule has 1 aromatic rings. The van der Waals surface area contributed by atoms with Crippen LogP contribution in [0.4, 0.5) is 10.5 Å². The lowest BCUT2D eigenvalue weighted by molar-refractivity contribution is -0.117. The zero-order valence-corrected chi connectivity index (χ0v) is 10.2. The maximum atomic E-state index is 11.7. The van der Waals surface area contributed by atoms with E-state index in [-0.39, 0.29) is 10.6 Å². The van der Waals surface area contributed by atoms with E-state index in [0.717, 1.165) is 0 Å². The number of hydrogen-bond acceptors (Lipinski definition) is 4. The van der Waals surface area contributed by atoms with Gasteiger partial charge < -0.3 is 11.5 Å². The molecule has 17 heavy (non-hydrogen) atoms. The van der Waals surface area contributed by atoms with Gasteiger partial charge in [-0.1, -0.05) is 11.6 Å². The molecule has 0 aromatic heterocycles. The molecule has 1 unspecified atom stereocenters. The molecule has 3 amide bonds. The Kier molecular flexibility index (Phi) is 4.47. The number of anilines is 1. The van der Waals surface area contributed by atoms with Gasteiger partial charge >= 0.3 is 6.03 Å². The monoisotopic (exact) mass is 275 g/mol. The van der Waals surface area contributed by atoms with Crippen molar-refractivity contribution in [2.45, 2.75) is 4.90 Å². The molecular weight excluding hydrogens is 266 g/mol. The van der Waals surface area contributed by atoms with Crippen LogP contribution in [0.5, 0.6) is 0 Å². The third-order valence-corrected chi connectivity index (χ3v) is 3.36. The summed E-state index contributed by atoms with van der Waals surface area (Å²) >= 11 is 5.68. The highest BCUT2D eigenvalue weighted by Crippen LogP contribution is 2.21. The third-order valence-electron chi connectivity index (χ3n) is 1.74. The van der Waals surface area contributed by atoms with Gasteiger partial charge in [-0.3, -0.25) is 14.3 Å². The van der Waals surface area contributed by atoms with Crippen LogP contribution in [-0.2, 0) is 15.6 Å². The molecular formula is C9H10ClN3O3S. The number of nitrogens with one attached hydrogen (secondary N) is 1. The lowest BCUT2D eigenvalue weighted by atomic mass is 10.3. The molecule has 0 fully saturated rings. The van der Waals surface area contributed by atoms with E-state index in [0.29, 0.717) is 5.02 Å². The fraction of sp³-hybridized carbons (Fsp3) is 0.111. The summed E-state index contributed by atoms with van der Waals surface area (Å²) in [7, 11) is -1.65. The van der Waals surface area contributed by atoms with Gasteiger partial charge in [-0.05, 0) is 18.2 Å². The maximum Gasteiger partial charge on any atom is 0.318 e. The van der Waals surface area contributed by atoms with Gasteiger partial charge in [0.25, 0.3) is 0 Å². The lowest BCUT2D eigenvalue weighted by Crippen LogP contribution is -2.37. The van der Waals surface area contributed by atoms with Gasteiger partial charge in [-0.15, -0.1) is 0 Å². The first-order valence-corrected chi connectivity index (χ1v) is 6.12. The number of carbonyl (C=O) groups excluding carboxylic acids is 2. The van der Waals surface area contributed by atoms with E-state index in [1.807, 2.05) is 5.32 Å². The van der Waals surface area contributed by atoms with Crippen LogP contribution >= 0.6 is 11.6 Å². The molecule has 0 heterocycles. The van der Waals surface area contributed by atoms with E-state index in [1.54, 1.807) is 0 Å². The molecule has 0 aliphatic rings. The van der Waals surface area contributed by atoms with Crippen molar-refractivity contribution in [3.63, 3.8) is 0 Å². The van der Waals surface area contributed by atoms with Crippen LogP contribution in [0.1, 0.15) is 0 Å². The largest absolute Gasteiger partial charge is 0.398 e. The van der Waals surface area contributed by atoms with Crippen molar-refractivity contribution in [1.82, 2.24) is 5.32 Å². The summed E-state index contributed by atoms with van der Waals surface area (Å²) in [5.41, 5.74) is 10.6. The van der Waals surface area contributed by atoms with E-state index in [9.17, 15) is 13.8 Å². The van der Waals surface area contributed by atoms with Crippen LogP contribution in [0.15, 0.2) is 23.1 Å². The molecule has 92 valence electrons. The highest BCUT2D eigenvalue weighted by Gasteiger charge is 2.14. The van der Waals surface area contributed by atoms with Crippen molar-refractivity contribution < 1.29 is 13.8 Å². The molecule has 1 aromatic carbocycles. The van der Waals surface area contributed by atoms with Gasteiger partial charge in [0.05, 0.1) is 15.7 Å². The van der Waals surface area contributed by atoms with Crippen LogP contribution in [0, 0.1) is 0 Å². The average molecular weight is 276 g/mol. The number of benzene rings is 1. The first-order chi connectivity index (χ1) is 7.90. The van der Waals surface area contributed by atoms with Crippen LogP contribution in [0.3, 0.4) is 0 Å². The Hall–Kier alpha value is -1.60. The third kappa shape index (κ3) is 4.04. The van der Waals surface area contributed by atoms with Gasteiger partial charge in [0.15, 0.2) is 0 Å². The van der Waals surface area contributed by atoms with Gasteiger partial charge in [0.2, 0.25) is 5.91 Å². The predicted octanol–water partition coefficient (Wildman–Crippen LogP) is 0.225. The standard InChI is InChI=1S/C9H10ClN3O3S/c10-5-1-2-7(6(11)3-5)17(16)4-8(14)13-9(12)15/h1-3H,4,11H2,(H3,12,13,14,15). The summed E-state index contributed by atoms with van der Waals surface area (Å²) in [5, 5.41) is 2.22. The van der Waals surface area contributed by atoms with Gasteiger partial charge in [-0.2, -0.15) is 0 Å². The number of carbonyl (C=O) groups is 2. The number of urea groups is 1. The zero-order chi connectivity index (χ0) is 13.0. The summed E-state index contributed by atoms with van der Waals surface area (Å²) in [6.45, 7) is 0. The summed E-state index contributed by atoms with van der Waals surface area (Å²) in [6.07, 6.45) is 0. The number of rotatable bonds is 3. The second-order valence-electron chi connectivity index (χ2n) is 3.08. The molecule has 6 nitrogen and oxygen atoms in total. The second-order valence-corrected chi connectivity index (χ2v) is 4.94. The summed E-state index contributed by atoms with van der Waals surface area (Å²) in [4.78, 5) is 21.8. The number of primary amides is 1. The van der Waals surface area contributed by atoms with Crippen LogP contribution in [0.25, 0.3) is 0 Å². The fourth-order valence-electron chi connectivity index (χ4n) is 1.10. The Morgan fingerprint density at radius 3 is 2.59 bits per heavy atom. The SMILES string of the molecule is NC(=O)NC(=O)CS(=O)c1ccc(Cl)cc1N. The van der Waals surface area contributed by atoms with Crippen molar-refractivity contribution in [2.75, 3.05) is 11.5 Å². The Bertz CT molecular complexity index is 492. The van der Waals surface area contributed by atoms with Crippen LogP contribution in [-0.4, -0.2) is 21.9 Å². The molecule has 1 rings (SSSR count). The van der Waals surface area contributed by atoms with E-state index in [2.05, 4.69) is 0 Å². The van der Waals surface area contributed by atoms with Gasteiger partial charge in [-0.25, -0.2) is 4.79 Å². The minimum Gasteiger partial charge on any atom is -0.398 e. The second kappa shape index (κ2) is 5.65. The Morgan fingerprint density at radius 2 is 2.06 bits per heavy atom. The van der Waals surface area contributed by atoms with Crippen LogP contribution in [0.2, 0.25) is 5.02 Å². The zero-order valence-electron chi connectivity index (χ0n) is 8.60. The topological polar surface area (TPSA) is 115 Å². The lowest BCUT2D eigenvalue weighted by Gasteiger charge is -2.05. The highest BCUT2D eigenvalue weighted by atomic mass is 35.5. The smallest absolute Gasteiger partial charge is 0.318 e. The number of amides is 3. The number of nitrogen functional groups attached to an aromatic ring is 1. The number of imide groups is 1. The van der Waals surface area contributed by atoms with Crippen LogP contribution < -0.4 is 16.8 Å². The first-order valence-electron chi connectivity index (χ1n) is 4.43. The molecule has 0 saturated heterocycles. The number of nitrogens with two attached hydrogens (primary N) is 2. The van der Waals surface area contributed by atoms with Crippen molar-refractivity contribution >= 4 is 40.0 Å². The Morgan fingerprint density at radius 1 is 1.41 bits per heavy atom. The minimum atomic E-state index is -1.65. The van der Waals surface area contributed by atoms with Crippen molar-refractivity contribution in [3.05, 3.63) is 23.2 Å². The van der Waals surface area contributed by atoms with Gasteiger partial charge in [0, 0.05) is 10.7 Å². The fourth-order valence-corrected chi connectivity index (χ4v) is 2.28. The van der Waals surface area contributed by atoms with E-state index in [4.69, 9.17) is 23.1 Å². The molecule has 5 N–H and O–H groups in total. The molecule has 0 bridgehead atoms. The molecule has 0 saturated carbocycles. The van der Waals surface area contributed by atoms with E-state index >= 15 is 0 Å². The molecule has 8 heteroatoms. The summed E-state index contributed by atoms with van der Waals surface area (Å²) in [6, 6.07) is 3.42. The summed E-state index contributed by atoms with van der Waals surface area (Å²) < 4.78 is 11.7. The number of hydrogen-bond donors (Lipinski definition) is 3. The Balaban J connectivity index is 2.76. The number of halogens is 1. The van der Waals surface area contributed by atoms with E-state index in [1.165, 1.54) is 18.2 Å². The molecule has 1 atom stereocenters. The predicted molar refractivity (Wildman–Crippen MR) is 64.9 cm³/mol. The summed E-state index contributed by atoms with van der Waals surface area (Å²) in [5.74, 6) is -1.13. The quantitative estimate of drug-likeness (QED) is 0.685. The van der Waals surface area contributed by atoms with E-state index < -0.39 is 28.5 Å². The molecule has 0 radical (unpaired) electrons. The Labute approximate surface area is 105 Å². The minimum absolute atomic E-state index is 0.225. The normalized spacial score (nSPS) is 11.8. The molecule has 0 spiro atoms. The van der Waals surface area contributed by atoms with Crippen molar-refractivity contribution in [1.29, 1.82) is 0 Å². The average Bonchev–Trinajstić information content (AvgIpc) is 2.15. The highest BCUT2D eigenvalue weighted by molar-refractivity contribution is 7.86. The molecule has 0 aliphatic carbocycles.